The van der Waals surface area contributed by atoms with Crippen LogP contribution in [0.1, 0.15) is 36.3 Å². The van der Waals surface area contributed by atoms with Gasteiger partial charge in [0.1, 0.15) is 10.5 Å². The van der Waals surface area contributed by atoms with Gasteiger partial charge in [0, 0.05) is 20.6 Å². The van der Waals surface area contributed by atoms with Crippen molar-refractivity contribution in [2.45, 2.75) is 42.8 Å². The van der Waals surface area contributed by atoms with Crippen LogP contribution in [0.2, 0.25) is 0 Å². The summed E-state index contributed by atoms with van der Waals surface area (Å²) < 4.78 is 1.93. The lowest BCUT2D eigenvalue weighted by Crippen LogP contribution is -2.03. The molecule has 2 nitrogen and oxygen atoms in total. The summed E-state index contributed by atoms with van der Waals surface area (Å²) in [5.74, 6) is 1.81. The van der Waals surface area contributed by atoms with E-state index in [1.807, 2.05) is 6.07 Å². The number of benzene rings is 1. The molecule has 1 N–H and O–H groups in total. The van der Waals surface area contributed by atoms with Crippen LogP contribution in [0.4, 0.5) is 0 Å². The molecule has 110 valence electrons. The van der Waals surface area contributed by atoms with Gasteiger partial charge in [0.05, 0.1) is 5.75 Å². The highest BCUT2D eigenvalue weighted by atomic mass is 79.9. The summed E-state index contributed by atoms with van der Waals surface area (Å²) in [4.78, 5) is 9.35. The molecule has 1 aliphatic carbocycles. The van der Waals surface area contributed by atoms with Crippen LogP contribution in [-0.2, 0) is 18.6 Å². The van der Waals surface area contributed by atoms with Gasteiger partial charge in [0.25, 0.3) is 0 Å². The van der Waals surface area contributed by atoms with Gasteiger partial charge in [-0.15, -0.1) is 11.8 Å². The quantitative estimate of drug-likeness (QED) is 0.435. The van der Waals surface area contributed by atoms with Crippen molar-refractivity contribution in [1.82, 2.24) is 9.97 Å². The Morgan fingerprint density at radius 3 is 2.86 bits per heavy atom. The molecule has 21 heavy (non-hydrogen) atoms. The fraction of sp³-hybridized carbons (Fsp3) is 0.375. The maximum atomic E-state index is 5.49. The lowest BCUT2D eigenvalue weighted by Gasteiger charge is -2.09. The molecule has 2 aromatic rings. The predicted molar refractivity (Wildman–Crippen MR) is 94.4 cm³/mol. The molecule has 0 amide bonds. The third-order valence-corrected chi connectivity index (χ3v) is 6.09. The number of halogens is 1. The highest BCUT2D eigenvalue weighted by Crippen LogP contribution is 2.29. The van der Waals surface area contributed by atoms with Crippen molar-refractivity contribution in [2.75, 3.05) is 0 Å². The van der Waals surface area contributed by atoms with E-state index in [2.05, 4.69) is 44.1 Å². The summed E-state index contributed by atoms with van der Waals surface area (Å²) in [6.07, 6.45) is 5.96. The molecule has 0 radical (unpaired) electrons. The Morgan fingerprint density at radius 2 is 2.00 bits per heavy atom. The van der Waals surface area contributed by atoms with Gasteiger partial charge in [-0.3, -0.25) is 0 Å². The monoisotopic (exact) mass is 380 g/mol. The second kappa shape index (κ2) is 7.07. The summed E-state index contributed by atoms with van der Waals surface area (Å²) in [6, 6.07) is 8.27. The minimum atomic E-state index is 0.799. The minimum absolute atomic E-state index is 0.799. The van der Waals surface area contributed by atoms with E-state index in [0.717, 1.165) is 33.5 Å². The molecular weight excluding hydrogens is 364 g/mol. The van der Waals surface area contributed by atoms with E-state index >= 15 is 0 Å². The molecule has 5 heteroatoms. The number of H-pyrrole nitrogens is 1. The largest absolute Gasteiger partial charge is 0.346 e. The van der Waals surface area contributed by atoms with E-state index in [9.17, 15) is 0 Å². The van der Waals surface area contributed by atoms with Crippen molar-refractivity contribution in [3.8, 4) is 0 Å². The van der Waals surface area contributed by atoms with Crippen LogP contribution in [0.25, 0.3) is 0 Å². The molecule has 0 bridgehead atoms. The van der Waals surface area contributed by atoms with Gasteiger partial charge < -0.3 is 4.98 Å². The maximum absolute atomic E-state index is 5.49. The molecule has 0 atom stereocenters. The Labute approximate surface area is 142 Å². The fourth-order valence-electron chi connectivity index (χ4n) is 2.62. The zero-order valence-corrected chi connectivity index (χ0v) is 14.9. The standard InChI is InChI=1S/C16H17BrN2S2/c17-12-7-4-5-9-14(12)21-10-15-18-13-8-3-1-2-6-11(13)16(20)19-15/h4-5,7,9H,1-3,6,8,10H2,(H,18,19,20). The fourth-order valence-corrected chi connectivity index (χ4v) is 4.40. The molecule has 1 aromatic heterocycles. The second-order valence-corrected chi connectivity index (χ2v) is 7.48. The van der Waals surface area contributed by atoms with Crippen molar-refractivity contribution in [2.24, 2.45) is 0 Å². The number of aryl methyl sites for hydroxylation is 1. The average molecular weight is 381 g/mol. The van der Waals surface area contributed by atoms with Crippen molar-refractivity contribution in [3.63, 3.8) is 0 Å². The highest BCUT2D eigenvalue weighted by Gasteiger charge is 2.12. The first-order chi connectivity index (χ1) is 10.2. The van der Waals surface area contributed by atoms with Crippen molar-refractivity contribution in [1.29, 1.82) is 0 Å². The first-order valence-corrected chi connectivity index (χ1v) is 9.41. The molecule has 1 aliphatic rings. The van der Waals surface area contributed by atoms with Gasteiger partial charge in [-0.05, 0) is 53.7 Å². The maximum Gasteiger partial charge on any atom is 0.133 e. The number of fused-ring (bicyclic) bond motifs is 1. The first-order valence-electron chi connectivity index (χ1n) is 7.22. The van der Waals surface area contributed by atoms with Crippen LogP contribution in [0.5, 0.6) is 0 Å². The average Bonchev–Trinajstić information content (AvgIpc) is 2.72. The van der Waals surface area contributed by atoms with Gasteiger partial charge in [-0.2, -0.15) is 0 Å². The summed E-state index contributed by atoms with van der Waals surface area (Å²) in [6.45, 7) is 0. The van der Waals surface area contributed by atoms with Crippen LogP contribution in [-0.4, -0.2) is 9.97 Å². The normalized spacial score (nSPS) is 14.5. The molecule has 0 saturated heterocycles. The van der Waals surface area contributed by atoms with Gasteiger partial charge >= 0.3 is 0 Å². The SMILES string of the molecule is S=c1nc(CSc2ccccc2Br)[nH]c2c1CCCCC2. The third kappa shape index (κ3) is 3.76. The van der Waals surface area contributed by atoms with Crippen LogP contribution in [0.3, 0.4) is 0 Å². The minimum Gasteiger partial charge on any atom is -0.346 e. The topological polar surface area (TPSA) is 28.7 Å². The number of hydrogen-bond donors (Lipinski definition) is 1. The highest BCUT2D eigenvalue weighted by molar-refractivity contribution is 9.10. The van der Waals surface area contributed by atoms with Crippen LogP contribution < -0.4 is 0 Å². The molecule has 1 heterocycles. The lowest BCUT2D eigenvalue weighted by atomic mass is 10.1. The van der Waals surface area contributed by atoms with Crippen molar-refractivity contribution in [3.05, 3.63) is 50.5 Å². The van der Waals surface area contributed by atoms with Crippen molar-refractivity contribution < 1.29 is 0 Å². The van der Waals surface area contributed by atoms with Gasteiger partial charge in [0.2, 0.25) is 0 Å². The van der Waals surface area contributed by atoms with Crippen LogP contribution in [0, 0.1) is 4.64 Å². The number of nitrogens with zero attached hydrogens (tertiary/aromatic N) is 1. The summed E-state index contributed by atoms with van der Waals surface area (Å²) in [7, 11) is 0. The Kier molecular flexibility index (Phi) is 5.14. The van der Waals surface area contributed by atoms with Crippen LogP contribution in [0.15, 0.2) is 33.6 Å². The molecule has 3 rings (SSSR count). The van der Waals surface area contributed by atoms with Gasteiger partial charge in [-0.1, -0.05) is 30.8 Å². The smallest absolute Gasteiger partial charge is 0.133 e. The van der Waals surface area contributed by atoms with E-state index in [0.29, 0.717) is 0 Å². The summed E-state index contributed by atoms with van der Waals surface area (Å²) >= 11 is 10.9. The summed E-state index contributed by atoms with van der Waals surface area (Å²) in [5.41, 5.74) is 2.59. The molecule has 0 aliphatic heterocycles. The third-order valence-electron chi connectivity index (χ3n) is 3.71. The number of rotatable bonds is 3. The molecule has 0 fully saturated rings. The zero-order valence-electron chi connectivity index (χ0n) is 11.7. The Bertz CT molecular complexity index is 697. The number of aromatic amines is 1. The van der Waals surface area contributed by atoms with Gasteiger partial charge in [-0.25, -0.2) is 4.98 Å². The Balaban J connectivity index is 1.80. The van der Waals surface area contributed by atoms with E-state index in [1.54, 1.807) is 11.8 Å². The van der Waals surface area contributed by atoms with E-state index in [-0.39, 0.29) is 0 Å². The Morgan fingerprint density at radius 1 is 1.19 bits per heavy atom. The Hall–Kier alpha value is -0.650. The van der Waals surface area contributed by atoms with E-state index in [4.69, 9.17) is 12.2 Å². The molecular formula is C16H17BrN2S2. The predicted octanol–water partition coefficient (Wildman–Crippen LogP) is 5.46. The number of aromatic nitrogens is 2. The molecule has 0 unspecified atom stereocenters. The number of nitrogens with one attached hydrogen (secondary N) is 1. The lowest BCUT2D eigenvalue weighted by molar-refractivity contribution is 0.708. The molecule has 1 aromatic carbocycles. The molecule has 0 saturated carbocycles. The second-order valence-electron chi connectivity index (χ2n) is 5.23. The van der Waals surface area contributed by atoms with Gasteiger partial charge in [0.15, 0.2) is 0 Å². The van der Waals surface area contributed by atoms with Crippen molar-refractivity contribution >= 4 is 39.9 Å². The molecule has 0 spiro atoms. The van der Waals surface area contributed by atoms with E-state index < -0.39 is 0 Å². The first kappa shape index (κ1) is 15.3. The summed E-state index contributed by atoms with van der Waals surface area (Å²) in [5, 5.41) is 0. The zero-order chi connectivity index (χ0) is 14.7. The van der Waals surface area contributed by atoms with Crippen LogP contribution >= 0.6 is 39.9 Å². The van der Waals surface area contributed by atoms with E-state index in [1.165, 1.54) is 35.4 Å². The number of hydrogen-bond acceptors (Lipinski definition) is 3. The number of thioether (sulfide) groups is 1.